The highest BCUT2D eigenvalue weighted by atomic mass is 32.2. The van der Waals surface area contributed by atoms with Crippen molar-refractivity contribution in [2.24, 2.45) is 0 Å². The molecule has 1 aliphatic rings. The molecule has 0 unspecified atom stereocenters. The summed E-state index contributed by atoms with van der Waals surface area (Å²) in [4.78, 5) is 41.1. The largest absolute Gasteiger partial charge is 0.352 e. The summed E-state index contributed by atoms with van der Waals surface area (Å²) in [6, 6.07) is 19.2. The van der Waals surface area contributed by atoms with Crippen LogP contribution in [-0.4, -0.2) is 54.0 Å². The summed E-state index contributed by atoms with van der Waals surface area (Å²) in [6.07, 6.45) is 0.0977. The van der Waals surface area contributed by atoms with Gasteiger partial charge in [-0.1, -0.05) is 60.7 Å². The van der Waals surface area contributed by atoms with Gasteiger partial charge in [0, 0.05) is 24.6 Å². The van der Waals surface area contributed by atoms with E-state index in [4.69, 9.17) is 0 Å². The molecule has 1 heterocycles. The number of benzene rings is 3. The molecule has 1 aliphatic heterocycles. The lowest BCUT2D eigenvalue weighted by Gasteiger charge is -2.33. The number of hydrogen-bond donors (Lipinski definition) is 1. The van der Waals surface area contributed by atoms with Crippen LogP contribution in [0.5, 0.6) is 0 Å². The zero-order chi connectivity index (χ0) is 27.4. The van der Waals surface area contributed by atoms with E-state index in [1.54, 1.807) is 44.2 Å². The second-order valence-corrected chi connectivity index (χ2v) is 11.1. The van der Waals surface area contributed by atoms with Crippen molar-refractivity contribution in [3.05, 3.63) is 101 Å². The summed E-state index contributed by atoms with van der Waals surface area (Å²) in [5.74, 6) is -2.69. The van der Waals surface area contributed by atoms with Crippen molar-refractivity contribution >= 4 is 27.7 Å². The predicted molar refractivity (Wildman–Crippen MR) is 139 cm³/mol. The molecule has 3 amide bonds. The molecule has 0 saturated heterocycles. The van der Waals surface area contributed by atoms with Crippen molar-refractivity contribution in [3.63, 3.8) is 0 Å². The third-order valence-corrected chi connectivity index (χ3v) is 7.98. The normalized spacial score (nSPS) is 14.7. The van der Waals surface area contributed by atoms with Crippen LogP contribution >= 0.6 is 0 Å². The van der Waals surface area contributed by atoms with Gasteiger partial charge in [0.05, 0.1) is 5.56 Å². The van der Waals surface area contributed by atoms with Gasteiger partial charge < -0.3 is 10.2 Å². The van der Waals surface area contributed by atoms with Gasteiger partial charge in [0.25, 0.3) is 15.9 Å². The summed E-state index contributed by atoms with van der Waals surface area (Å²) >= 11 is 0. The highest BCUT2D eigenvalue weighted by molar-refractivity contribution is 7.90. The number of nitrogens with zero attached hydrogens (tertiary/aromatic N) is 2. The molecule has 0 saturated carbocycles. The van der Waals surface area contributed by atoms with Crippen LogP contribution in [0.3, 0.4) is 0 Å². The maximum atomic E-state index is 14.7. The number of halogens is 1. The molecule has 3 aromatic carbocycles. The third-order valence-electron chi connectivity index (χ3n) is 6.19. The standard InChI is InChI=1S/C28H28FN3O5S/c1-19(2)30-27(34)24(16-20-10-4-3-5-11-20)31(17-21-12-6-8-14-23(21)29)26(33)18-32-28(35)22-13-7-9-15-25(22)38(32,36)37/h3-15,19,24H,16-18H2,1-2H3,(H,30,34)/t24-/m1/s1. The van der Waals surface area contributed by atoms with E-state index in [9.17, 15) is 27.2 Å². The van der Waals surface area contributed by atoms with Crippen molar-refractivity contribution < 1.29 is 27.2 Å². The van der Waals surface area contributed by atoms with Gasteiger partial charge in [0.1, 0.15) is 23.3 Å². The van der Waals surface area contributed by atoms with Crippen molar-refractivity contribution in [2.45, 2.75) is 43.8 Å². The quantitative estimate of drug-likeness (QED) is 0.452. The smallest absolute Gasteiger partial charge is 0.269 e. The van der Waals surface area contributed by atoms with Gasteiger partial charge in [0.15, 0.2) is 0 Å². The Morgan fingerprint density at radius 3 is 2.24 bits per heavy atom. The van der Waals surface area contributed by atoms with Crippen LogP contribution in [0.4, 0.5) is 4.39 Å². The van der Waals surface area contributed by atoms with Crippen molar-refractivity contribution in [1.29, 1.82) is 0 Å². The summed E-state index contributed by atoms with van der Waals surface area (Å²) < 4.78 is 41.4. The van der Waals surface area contributed by atoms with E-state index in [2.05, 4.69) is 5.32 Å². The highest BCUT2D eigenvalue weighted by Gasteiger charge is 2.43. The molecule has 8 nitrogen and oxygen atoms in total. The monoisotopic (exact) mass is 537 g/mol. The summed E-state index contributed by atoms with van der Waals surface area (Å²) in [6.45, 7) is 2.41. The Morgan fingerprint density at radius 2 is 1.58 bits per heavy atom. The number of rotatable bonds is 9. The minimum absolute atomic E-state index is 0.0284. The molecule has 0 radical (unpaired) electrons. The van der Waals surface area contributed by atoms with Crippen LogP contribution in [0.15, 0.2) is 83.8 Å². The predicted octanol–water partition coefficient (Wildman–Crippen LogP) is 3.13. The number of carbonyl (C=O) groups excluding carboxylic acids is 3. The third kappa shape index (κ3) is 5.60. The van der Waals surface area contributed by atoms with E-state index in [1.807, 2.05) is 6.07 Å². The summed E-state index contributed by atoms with van der Waals surface area (Å²) in [5, 5.41) is 2.81. The topological polar surface area (TPSA) is 104 Å². The molecule has 0 fully saturated rings. The van der Waals surface area contributed by atoms with Gasteiger partial charge in [-0.3, -0.25) is 14.4 Å². The number of nitrogens with one attached hydrogen (secondary N) is 1. The lowest BCUT2D eigenvalue weighted by molar-refractivity contribution is -0.141. The maximum Gasteiger partial charge on any atom is 0.269 e. The highest BCUT2D eigenvalue weighted by Crippen LogP contribution is 2.30. The molecule has 0 aromatic heterocycles. The molecule has 10 heteroatoms. The van der Waals surface area contributed by atoms with Crippen LogP contribution in [0.25, 0.3) is 0 Å². The molecule has 1 atom stereocenters. The molecule has 0 aliphatic carbocycles. The molecule has 1 N–H and O–H groups in total. The molecule has 4 rings (SSSR count). The zero-order valence-electron chi connectivity index (χ0n) is 21.0. The first-order valence-corrected chi connectivity index (χ1v) is 13.6. The van der Waals surface area contributed by atoms with E-state index < -0.39 is 46.1 Å². The van der Waals surface area contributed by atoms with E-state index in [-0.39, 0.29) is 35.0 Å². The average molecular weight is 538 g/mol. The van der Waals surface area contributed by atoms with E-state index >= 15 is 0 Å². The van der Waals surface area contributed by atoms with Crippen molar-refractivity contribution in [3.8, 4) is 0 Å². The fraction of sp³-hybridized carbons (Fsp3) is 0.250. The molecule has 38 heavy (non-hydrogen) atoms. The Morgan fingerprint density at radius 1 is 0.947 bits per heavy atom. The Bertz CT molecular complexity index is 1460. The zero-order valence-corrected chi connectivity index (χ0v) is 21.8. The Labute approximate surface area is 221 Å². The Hall–Kier alpha value is -4.05. The summed E-state index contributed by atoms with van der Waals surface area (Å²) in [7, 11) is -4.27. The Kier molecular flexibility index (Phi) is 7.91. The average Bonchev–Trinajstić information content (AvgIpc) is 3.08. The lowest BCUT2D eigenvalue weighted by Crippen LogP contribution is -2.54. The fourth-order valence-electron chi connectivity index (χ4n) is 4.35. The number of sulfonamides is 1. The van der Waals surface area contributed by atoms with Gasteiger partial charge in [-0.15, -0.1) is 0 Å². The number of hydrogen-bond acceptors (Lipinski definition) is 5. The maximum absolute atomic E-state index is 14.7. The SMILES string of the molecule is CC(C)NC(=O)[C@@H](Cc1ccccc1)N(Cc1ccccc1F)C(=O)CN1C(=O)c2ccccc2S1(=O)=O. The first kappa shape index (κ1) is 27.0. The molecular weight excluding hydrogens is 509 g/mol. The van der Waals surface area contributed by atoms with Gasteiger partial charge in [-0.25, -0.2) is 17.1 Å². The van der Waals surface area contributed by atoms with Crippen LogP contribution in [0, 0.1) is 5.82 Å². The van der Waals surface area contributed by atoms with Crippen molar-refractivity contribution in [1.82, 2.24) is 14.5 Å². The second kappa shape index (κ2) is 11.1. The number of amides is 3. The first-order valence-electron chi connectivity index (χ1n) is 12.1. The molecular formula is C28H28FN3O5S. The van der Waals surface area contributed by atoms with Crippen LogP contribution in [0.1, 0.15) is 35.3 Å². The van der Waals surface area contributed by atoms with Crippen LogP contribution in [-0.2, 0) is 32.6 Å². The van der Waals surface area contributed by atoms with E-state index in [0.29, 0.717) is 4.31 Å². The van der Waals surface area contributed by atoms with Gasteiger partial charge in [-0.2, -0.15) is 0 Å². The van der Waals surface area contributed by atoms with E-state index in [0.717, 1.165) is 10.5 Å². The van der Waals surface area contributed by atoms with Crippen LogP contribution in [0.2, 0.25) is 0 Å². The Balaban J connectivity index is 1.73. The minimum atomic E-state index is -4.27. The van der Waals surface area contributed by atoms with Crippen LogP contribution < -0.4 is 5.32 Å². The number of carbonyl (C=O) groups is 3. The minimum Gasteiger partial charge on any atom is -0.352 e. The molecule has 198 valence electrons. The van der Waals surface area contributed by atoms with Gasteiger partial charge in [-0.05, 0) is 37.6 Å². The summed E-state index contributed by atoms with van der Waals surface area (Å²) in [5.41, 5.74) is 0.870. The molecule has 0 bridgehead atoms. The number of fused-ring (bicyclic) bond motifs is 1. The first-order chi connectivity index (χ1) is 18.1. The van der Waals surface area contributed by atoms with Gasteiger partial charge >= 0.3 is 0 Å². The fourth-order valence-corrected chi connectivity index (χ4v) is 5.86. The molecule has 0 spiro atoms. The lowest BCUT2D eigenvalue weighted by atomic mass is 10.0. The van der Waals surface area contributed by atoms with E-state index in [1.165, 1.54) is 42.5 Å². The van der Waals surface area contributed by atoms with Gasteiger partial charge in [0.2, 0.25) is 11.8 Å². The second-order valence-electron chi connectivity index (χ2n) is 9.29. The molecule has 3 aromatic rings. The van der Waals surface area contributed by atoms with Crippen molar-refractivity contribution in [2.75, 3.05) is 6.54 Å².